The zero-order valence-electron chi connectivity index (χ0n) is 16.5. The number of carbonyl (C=O) groups excluding carboxylic acids is 1. The van der Waals surface area contributed by atoms with Gasteiger partial charge < -0.3 is 0 Å². The highest BCUT2D eigenvalue weighted by Gasteiger charge is 2.19. The Hall–Kier alpha value is -3.57. The molecule has 2 aromatic carbocycles. The lowest BCUT2D eigenvalue weighted by molar-refractivity contribution is -0.385. The van der Waals surface area contributed by atoms with Gasteiger partial charge in [0.1, 0.15) is 4.21 Å². The van der Waals surface area contributed by atoms with Gasteiger partial charge in [-0.25, -0.2) is 13.8 Å². The minimum Gasteiger partial charge on any atom is -0.278 e. The molecule has 3 rings (SSSR count). The van der Waals surface area contributed by atoms with Crippen molar-refractivity contribution < 1.29 is 18.1 Å². The number of benzene rings is 2. The van der Waals surface area contributed by atoms with Crippen molar-refractivity contribution >= 4 is 44.4 Å². The van der Waals surface area contributed by atoms with Crippen LogP contribution in [0.3, 0.4) is 0 Å². The third-order valence-electron chi connectivity index (χ3n) is 4.32. The Balaban J connectivity index is 1.82. The highest BCUT2D eigenvalue weighted by atomic mass is 32.2. The van der Waals surface area contributed by atoms with E-state index in [9.17, 15) is 23.3 Å². The van der Waals surface area contributed by atoms with E-state index in [1.54, 1.807) is 49.6 Å². The van der Waals surface area contributed by atoms with Gasteiger partial charge in [0.2, 0.25) is 0 Å². The fourth-order valence-electron chi connectivity index (χ4n) is 2.67. The van der Waals surface area contributed by atoms with Crippen LogP contribution in [-0.4, -0.2) is 25.0 Å². The predicted octanol–water partition coefficient (Wildman–Crippen LogP) is 3.92. The summed E-state index contributed by atoms with van der Waals surface area (Å²) in [4.78, 5) is 23.3. The maximum atomic E-state index is 12.6. The smallest absolute Gasteiger partial charge is 0.273 e. The van der Waals surface area contributed by atoms with Gasteiger partial charge in [0.25, 0.3) is 21.6 Å². The molecule has 1 aromatic heterocycles. The highest BCUT2D eigenvalue weighted by molar-refractivity contribution is 7.94. The Labute approximate surface area is 182 Å². The quantitative estimate of drug-likeness (QED) is 0.315. The molecule has 160 valence electrons. The molecule has 0 spiro atoms. The standard InChI is InChI=1S/C20H18N4O5S2/c1-13-9-10-15(12-18(13)24(26)27)14(2)21-22-20(25)16-6-3-4-7-17(16)23-31(28,29)19-8-5-11-30-19/h3-12,23H,1-2H3,(H,22,25). The molecule has 1 amide bonds. The summed E-state index contributed by atoms with van der Waals surface area (Å²) in [6.07, 6.45) is 0. The van der Waals surface area contributed by atoms with E-state index in [0.29, 0.717) is 16.8 Å². The van der Waals surface area contributed by atoms with Crippen LogP contribution >= 0.6 is 11.3 Å². The first-order chi connectivity index (χ1) is 14.7. The Morgan fingerprint density at radius 2 is 1.87 bits per heavy atom. The number of rotatable bonds is 7. The molecule has 0 aliphatic heterocycles. The molecule has 1 heterocycles. The monoisotopic (exact) mass is 458 g/mol. The summed E-state index contributed by atoms with van der Waals surface area (Å²) >= 11 is 1.06. The van der Waals surface area contributed by atoms with Crippen molar-refractivity contribution in [2.24, 2.45) is 5.10 Å². The van der Waals surface area contributed by atoms with Crippen LogP contribution in [-0.2, 0) is 10.0 Å². The second-order valence-corrected chi connectivity index (χ2v) is 9.34. The molecule has 3 aromatic rings. The van der Waals surface area contributed by atoms with E-state index in [-0.39, 0.29) is 21.1 Å². The second-order valence-electron chi connectivity index (χ2n) is 6.48. The van der Waals surface area contributed by atoms with Crippen LogP contribution < -0.4 is 10.1 Å². The van der Waals surface area contributed by atoms with Crippen LogP contribution in [0.25, 0.3) is 0 Å². The van der Waals surface area contributed by atoms with E-state index in [1.807, 2.05) is 0 Å². The number of nitrogens with zero attached hydrogens (tertiary/aromatic N) is 2. The summed E-state index contributed by atoms with van der Waals surface area (Å²) in [7, 11) is -3.83. The first kappa shape index (κ1) is 22.1. The minimum absolute atomic E-state index is 0.0493. The normalized spacial score (nSPS) is 11.7. The number of nitro groups is 1. The predicted molar refractivity (Wildman–Crippen MR) is 119 cm³/mol. The Bertz CT molecular complexity index is 1270. The van der Waals surface area contributed by atoms with E-state index in [2.05, 4.69) is 15.2 Å². The summed E-state index contributed by atoms with van der Waals surface area (Å²) in [6.45, 7) is 3.23. The number of sulfonamides is 1. The van der Waals surface area contributed by atoms with Crippen molar-refractivity contribution in [3.05, 3.63) is 86.8 Å². The maximum absolute atomic E-state index is 12.6. The van der Waals surface area contributed by atoms with Crippen LogP contribution in [0, 0.1) is 17.0 Å². The molecule has 0 aliphatic carbocycles. The molecule has 11 heteroatoms. The van der Waals surface area contributed by atoms with E-state index in [1.165, 1.54) is 24.3 Å². The van der Waals surface area contributed by atoms with Gasteiger partial charge in [-0.2, -0.15) is 5.10 Å². The molecule has 0 unspecified atom stereocenters. The van der Waals surface area contributed by atoms with Gasteiger partial charge in [0.05, 0.1) is 21.9 Å². The van der Waals surface area contributed by atoms with Gasteiger partial charge in [-0.3, -0.25) is 19.6 Å². The molecule has 0 aliphatic rings. The van der Waals surface area contributed by atoms with Crippen molar-refractivity contribution in [1.82, 2.24) is 5.43 Å². The fraction of sp³-hybridized carbons (Fsp3) is 0.100. The van der Waals surface area contributed by atoms with Crippen LogP contribution in [0.5, 0.6) is 0 Å². The molecule has 0 radical (unpaired) electrons. The summed E-state index contributed by atoms with van der Waals surface area (Å²) in [5.74, 6) is -0.634. The largest absolute Gasteiger partial charge is 0.278 e. The van der Waals surface area contributed by atoms with Crippen LogP contribution in [0.1, 0.15) is 28.4 Å². The molecular weight excluding hydrogens is 440 g/mol. The molecule has 0 saturated heterocycles. The third kappa shape index (κ3) is 5.13. The molecule has 31 heavy (non-hydrogen) atoms. The minimum atomic E-state index is -3.83. The number of thiophene rings is 1. The first-order valence-electron chi connectivity index (χ1n) is 8.94. The number of anilines is 1. The van der Waals surface area contributed by atoms with E-state index in [4.69, 9.17) is 0 Å². The number of carbonyl (C=O) groups is 1. The number of hydrogen-bond acceptors (Lipinski definition) is 7. The Kier molecular flexibility index (Phi) is 6.47. The molecule has 9 nitrogen and oxygen atoms in total. The zero-order valence-corrected chi connectivity index (χ0v) is 18.2. The average Bonchev–Trinajstić information content (AvgIpc) is 3.28. The molecule has 0 atom stereocenters. The highest BCUT2D eigenvalue weighted by Crippen LogP contribution is 2.23. The maximum Gasteiger partial charge on any atom is 0.273 e. The molecule has 0 saturated carbocycles. The molecule has 0 fully saturated rings. The number of nitro benzene ring substituents is 1. The zero-order chi connectivity index (χ0) is 22.6. The van der Waals surface area contributed by atoms with Crippen LogP contribution in [0.4, 0.5) is 11.4 Å². The van der Waals surface area contributed by atoms with E-state index >= 15 is 0 Å². The first-order valence-corrected chi connectivity index (χ1v) is 11.3. The summed E-state index contributed by atoms with van der Waals surface area (Å²) in [6, 6.07) is 13.8. The summed E-state index contributed by atoms with van der Waals surface area (Å²) < 4.78 is 27.5. The lowest BCUT2D eigenvalue weighted by Crippen LogP contribution is -2.22. The topological polar surface area (TPSA) is 131 Å². The van der Waals surface area contributed by atoms with Gasteiger partial charge in [-0.05, 0) is 37.4 Å². The number of para-hydroxylation sites is 1. The van der Waals surface area contributed by atoms with Crippen molar-refractivity contribution in [2.75, 3.05) is 4.72 Å². The van der Waals surface area contributed by atoms with Crippen molar-refractivity contribution in [3.63, 3.8) is 0 Å². The van der Waals surface area contributed by atoms with Crippen molar-refractivity contribution in [1.29, 1.82) is 0 Å². The second kappa shape index (κ2) is 9.06. The average molecular weight is 459 g/mol. The Morgan fingerprint density at radius 1 is 1.13 bits per heavy atom. The lowest BCUT2D eigenvalue weighted by atomic mass is 10.1. The number of amides is 1. The van der Waals surface area contributed by atoms with Gasteiger partial charge in [0.15, 0.2) is 0 Å². The van der Waals surface area contributed by atoms with Gasteiger partial charge in [0, 0.05) is 17.2 Å². The molecule has 0 bridgehead atoms. The van der Waals surface area contributed by atoms with E-state index < -0.39 is 20.9 Å². The van der Waals surface area contributed by atoms with Crippen molar-refractivity contribution in [3.8, 4) is 0 Å². The Morgan fingerprint density at radius 3 is 2.55 bits per heavy atom. The lowest BCUT2D eigenvalue weighted by Gasteiger charge is -2.11. The summed E-state index contributed by atoms with van der Waals surface area (Å²) in [5.41, 5.74) is 3.84. The van der Waals surface area contributed by atoms with Crippen LogP contribution in [0.15, 0.2) is 69.3 Å². The van der Waals surface area contributed by atoms with Gasteiger partial charge in [-0.1, -0.05) is 30.3 Å². The summed E-state index contributed by atoms with van der Waals surface area (Å²) in [5, 5.41) is 16.8. The fourth-order valence-corrected chi connectivity index (χ4v) is 4.74. The molecular formula is C20H18N4O5S2. The van der Waals surface area contributed by atoms with E-state index in [0.717, 1.165) is 11.3 Å². The number of nitrogens with one attached hydrogen (secondary N) is 2. The van der Waals surface area contributed by atoms with Gasteiger partial charge >= 0.3 is 0 Å². The number of hydrazone groups is 1. The van der Waals surface area contributed by atoms with Gasteiger partial charge in [-0.15, -0.1) is 11.3 Å². The number of aryl methyl sites for hydroxylation is 1. The van der Waals surface area contributed by atoms with Crippen molar-refractivity contribution in [2.45, 2.75) is 18.1 Å². The molecule has 2 N–H and O–H groups in total. The SMILES string of the molecule is CC(=NNC(=O)c1ccccc1NS(=O)(=O)c1cccs1)c1ccc(C)c([N+](=O)[O-])c1. The number of hydrogen-bond donors (Lipinski definition) is 2. The third-order valence-corrected chi connectivity index (χ3v) is 7.09. The van der Waals surface area contributed by atoms with Crippen LogP contribution in [0.2, 0.25) is 0 Å².